The van der Waals surface area contributed by atoms with Crippen LogP contribution in [0.4, 0.5) is 5.69 Å². The molecule has 3 heteroatoms. The van der Waals surface area contributed by atoms with E-state index in [2.05, 4.69) is 59.2 Å². The molecule has 0 N–H and O–H groups in total. The molecule has 2 aromatic carbocycles. The van der Waals surface area contributed by atoms with Crippen molar-refractivity contribution in [2.45, 2.75) is 44.6 Å². The molecule has 2 aliphatic rings. The van der Waals surface area contributed by atoms with Crippen molar-refractivity contribution in [3.8, 4) is 5.75 Å². The van der Waals surface area contributed by atoms with Gasteiger partial charge < -0.3 is 9.64 Å². The average molecular weight is 365 g/mol. The van der Waals surface area contributed by atoms with Crippen LogP contribution in [0, 0.1) is 6.92 Å². The van der Waals surface area contributed by atoms with Crippen molar-refractivity contribution in [1.29, 1.82) is 0 Å². The summed E-state index contributed by atoms with van der Waals surface area (Å²) in [6, 6.07) is 18.1. The number of anilines is 1. The van der Waals surface area contributed by atoms with Gasteiger partial charge in [-0.15, -0.1) is 0 Å². The van der Waals surface area contributed by atoms with Crippen molar-refractivity contribution in [2.24, 2.45) is 0 Å². The Labute approximate surface area is 163 Å². The summed E-state index contributed by atoms with van der Waals surface area (Å²) in [5, 5.41) is 0. The number of nitrogens with zero attached hydrogens (tertiary/aromatic N) is 2. The highest BCUT2D eigenvalue weighted by molar-refractivity contribution is 5.58. The number of hydrogen-bond acceptors (Lipinski definition) is 3. The zero-order chi connectivity index (χ0) is 18.6. The van der Waals surface area contributed by atoms with Crippen LogP contribution in [0.3, 0.4) is 0 Å². The number of piperazine rings is 1. The van der Waals surface area contributed by atoms with Gasteiger partial charge >= 0.3 is 0 Å². The van der Waals surface area contributed by atoms with Crippen molar-refractivity contribution < 1.29 is 4.74 Å². The fraction of sp³-hybridized carbons (Fsp3) is 0.500. The molecule has 3 nitrogen and oxygen atoms in total. The van der Waals surface area contributed by atoms with E-state index in [-0.39, 0.29) is 0 Å². The Morgan fingerprint density at radius 2 is 1.48 bits per heavy atom. The Balaban J connectivity index is 1.32. The van der Waals surface area contributed by atoms with Gasteiger partial charge in [0.05, 0.1) is 12.8 Å². The van der Waals surface area contributed by atoms with E-state index in [1.54, 1.807) is 12.7 Å². The molecule has 4 rings (SSSR count). The van der Waals surface area contributed by atoms with Crippen LogP contribution in [-0.4, -0.2) is 44.2 Å². The Kier molecular flexibility index (Phi) is 5.68. The molecule has 1 aliphatic carbocycles. The fourth-order valence-electron chi connectivity index (χ4n) is 5.02. The number of rotatable bonds is 4. The maximum absolute atomic E-state index is 5.55. The summed E-state index contributed by atoms with van der Waals surface area (Å²) in [7, 11) is 1.77. The first-order valence-electron chi connectivity index (χ1n) is 10.4. The zero-order valence-electron chi connectivity index (χ0n) is 16.7. The van der Waals surface area contributed by atoms with Gasteiger partial charge in [0.2, 0.25) is 0 Å². The minimum absolute atomic E-state index is 0.761. The summed E-state index contributed by atoms with van der Waals surface area (Å²) in [5.74, 6) is 1.75. The molecule has 0 unspecified atom stereocenters. The number of aryl methyl sites for hydroxylation is 1. The van der Waals surface area contributed by atoms with E-state index in [0.29, 0.717) is 0 Å². The Hall–Kier alpha value is -2.00. The normalized spacial score (nSPS) is 24.0. The van der Waals surface area contributed by atoms with E-state index in [0.717, 1.165) is 43.9 Å². The first kappa shape index (κ1) is 18.4. The quantitative estimate of drug-likeness (QED) is 0.771. The molecule has 27 heavy (non-hydrogen) atoms. The third-order valence-electron chi connectivity index (χ3n) is 6.58. The molecule has 1 saturated carbocycles. The second-order valence-electron chi connectivity index (χ2n) is 8.06. The van der Waals surface area contributed by atoms with Crippen LogP contribution in [-0.2, 0) is 0 Å². The molecule has 2 aromatic rings. The summed E-state index contributed by atoms with van der Waals surface area (Å²) >= 11 is 0. The van der Waals surface area contributed by atoms with Crippen LogP contribution < -0.4 is 9.64 Å². The van der Waals surface area contributed by atoms with Gasteiger partial charge in [-0.2, -0.15) is 0 Å². The molecule has 1 saturated heterocycles. The lowest BCUT2D eigenvalue weighted by Gasteiger charge is -2.43. The van der Waals surface area contributed by atoms with Gasteiger partial charge in [-0.1, -0.05) is 36.4 Å². The summed E-state index contributed by atoms with van der Waals surface area (Å²) < 4.78 is 5.55. The van der Waals surface area contributed by atoms with E-state index in [4.69, 9.17) is 4.74 Å². The van der Waals surface area contributed by atoms with E-state index in [1.807, 2.05) is 6.07 Å². The average Bonchev–Trinajstić information content (AvgIpc) is 2.74. The maximum atomic E-state index is 5.55. The number of para-hydroxylation sites is 2. The Morgan fingerprint density at radius 1 is 0.815 bits per heavy atom. The number of methoxy groups -OCH3 is 1. The summed E-state index contributed by atoms with van der Waals surface area (Å²) in [6.07, 6.45) is 5.35. The van der Waals surface area contributed by atoms with Crippen molar-refractivity contribution >= 4 is 5.69 Å². The van der Waals surface area contributed by atoms with E-state index in [1.165, 1.54) is 36.9 Å². The SMILES string of the molecule is COc1ccccc1N1CCN(C2CCC(c3ccccc3C)CC2)CC1. The Bertz CT molecular complexity index is 744. The molecule has 1 heterocycles. The first-order chi connectivity index (χ1) is 13.3. The van der Waals surface area contributed by atoms with E-state index in [9.17, 15) is 0 Å². The zero-order valence-corrected chi connectivity index (χ0v) is 16.7. The van der Waals surface area contributed by atoms with Crippen LogP contribution in [0.15, 0.2) is 48.5 Å². The molecule has 1 aliphatic heterocycles. The summed E-state index contributed by atoms with van der Waals surface area (Å²) in [5.41, 5.74) is 4.28. The van der Waals surface area contributed by atoms with Gasteiger partial charge in [-0.25, -0.2) is 0 Å². The standard InChI is InChI=1S/C24H32N2O/c1-19-7-3-4-8-22(19)20-11-13-21(14-12-20)25-15-17-26(18-16-25)23-9-5-6-10-24(23)27-2/h3-10,20-21H,11-18H2,1-2H3. The number of benzene rings is 2. The minimum Gasteiger partial charge on any atom is -0.495 e. The van der Waals surface area contributed by atoms with Crippen molar-refractivity contribution in [3.63, 3.8) is 0 Å². The summed E-state index contributed by atoms with van der Waals surface area (Å²) in [4.78, 5) is 5.22. The second-order valence-corrected chi connectivity index (χ2v) is 8.06. The lowest BCUT2D eigenvalue weighted by molar-refractivity contribution is 0.141. The van der Waals surface area contributed by atoms with Gasteiger partial charge in [0.15, 0.2) is 0 Å². The molecule has 2 fully saturated rings. The molecular formula is C24H32N2O. The van der Waals surface area contributed by atoms with E-state index >= 15 is 0 Å². The van der Waals surface area contributed by atoms with Gasteiger partial charge in [0.25, 0.3) is 0 Å². The van der Waals surface area contributed by atoms with Crippen LogP contribution in [0.5, 0.6) is 5.75 Å². The van der Waals surface area contributed by atoms with Gasteiger partial charge in [-0.3, -0.25) is 4.90 Å². The highest BCUT2D eigenvalue weighted by Gasteiger charge is 2.29. The van der Waals surface area contributed by atoms with Gasteiger partial charge in [0.1, 0.15) is 5.75 Å². The predicted molar refractivity (Wildman–Crippen MR) is 113 cm³/mol. The van der Waals surface area contributed by atoms with Crippen molar-refractivity contribution in [3.05, 3.63) is 59.7 Å². The molecular weight excluding hydrogens is 332 g/mol. The lowest BCUT2D eigenvalue weighted by Crippen LogP contribution is -2.51. The molecule has 0 atom stereocenters. The van der Waals surface area contributed by atoms with Gasteiger partial charge in [0, 0.05) is 32.2 Å². The maximum Gasteiger partial charge on any atom is 0.142 e. The molecule has 0 radical (unpaired) electrons. The predicted octanol–water partition coefficient (Wildman–Crippen LogP) is 4.85. The van der Waals surface area contributed by atoms with Crippen LogP contribution in [0.1, 0.15) is 42.7 Å². The third-order valence-corrected chi connectivity index (χ3v) is 6.58. The van der Waals surface area contributed by atoms with Crippen LogP contribution >= 0.6 is 0 Å². The van der Waals surface area contributed by atoms with Crippen LogP contribution in [0.2, 0.25) is 0 Å². The molecule has 0 aromatic heterocycles. The largest absolute Gasteiger partial charge is 0.495 e. The molecule has 144 valence electrons. The number of ether oxygens (including phenoxy) is 1. The van der Waals surface area contributed by atoms with Gasteiger partial charge in [-0.05, 0) is 61.8 Å². The molecule has 0 bridgehead atoms. The first-order valence-corrected chi connectivity index (χ1v) is 10.4. The topological polar surface area (TPSA) is 15.7 Å². The Morgan fingerprint density at radius 3 is 2.19 bits per heavy atom. The summed E-state index contributed by atoms with van der Waals surface area (Å²) in [6.45, 7) is 6.78. The molecule has 0 spiro atoms. The highest BCUT2D eigenvalue weighted by atomic mass is 16.5. The van der Waals surface area contributed by atoms with Crippen LogP contribution in [0.25, 0.3) is 0 Å². The van der Waals surface area contributed by atoms with Crippen molar-refractivity contribution in [2.75, 3.05) is 38.2 Å². The third kappa shape index (κ3) is 3.98. The van der Waals surface area contributed by atoms with Crippen molar-refractivity contribution in [1.82, 2.24) is 4.90 Å². The second kappa shape index (κ2) is 8.35. The smallest absolute Gasteiger partial charge is 0.142 e. The fourth-order valence-corrected chi connectivity index (χ4v) is 5.02. The number of hydrogen-bond donors (Lipinski definition) is 0. The molecule has 0 amide bonds. The monoisotopic (exact) mass is 364 g/mol. The van der Waals surface area contributed by atoms with E-state index < -0.39 is 0 Å². The highest BCUT2D eigenvalue weighted by Crippen LogP contribution is 2.37. The minimum atomic E-state index is 0.761. The lowest BCUT2D eigenvalue weighted by atomic mass is 9.79.